The number of amides is 1. The van der Waals surface area contributed by atoms with Gasteiger partial charge in [0, 0.05) is 22.3 Å². The molecule has 0 radical (unpaired) electrons. The minimum atomic E-state index is -0.729. The number of para-hydroxylation sites is 1. The van der Waals surface area contributed by atoms with Crippen molar-refractivity contribution in [2.24, 2.45) is 4.99 Å². The lowest BCUT2D eigenvalue weighted by atomic mass is 9.95. The van der Waals surface area contributed by atoms with Gasteiger partial charge >= 0.3 is 5.97 Å². The summed E-state index contributed by atoms with van der Waals surface area (Å²) in [6.45, 7) is 3.80. The average Bonchev–Trinajstić information content (AvgIpc) is 3.61. The number of aromatic nitrogens is 1. The Hall–Kier alpha value is -4.99. The van der Waals surface area contributed by atoms with Gasteiger partial charge in [-0.25, -0.2) is 9.79 Å². The summed E-state index contributed by atoms with van der Waals surface area (Å²) in [6.07, 6.45) is 1.66. The molecule has 0 bridgehead atoms. The number of benzene rings is 3. The highest BCUT2D eigenvalue weighted by atomic mass is 35.5. The Labute approximate surface area is 261 Å². The zero-order valence-electron chi connectivity index (χ0n) is 23.7. The van der Waals surface area contributed by atoms with Crippen LogP contribution in [-0.4, -0.2) is 23.1 Å². The molecule has 0 saturated carbocycles. The zero-order chi connectivity index (χ0) is 30.8. The van der Waals surface area contributed by atoms with E-state index in [4.69, 9.17) is 20.8 Å². The molecule has 1 N–H and O–H groups in total. The van der Waals surface area contributed by atoms with Crippen LogP contribution in [0.15, 0.2) is 116 Å². The van der Waals surface area contributed by atoms with Gasteiger partial charge in [-0.05, 0) is 67.9 Å². The Morgan fingerprint density at radius 2 is 1.82 bits per heavy atom. The van der Waals surface area contributed by atoms with Gasteiger partial charge in [0.05, 0.1) is 34.0 Å². The van der Waals surface area contributed by atoms with Crippen molar-refractivity contribution in [3.63, 3.8) is 0 Å². The standard InChI is InChI=1S/C34H26ClN3O5S/c1-3-42-33(41)23-9-7-8-22(18-23)27-17-16-26(43-27)19-28-32(40)38-30(21-12-14-24(35)15-13-21)29(20(2)36-34(38)44-28)31(39)37-25-10-5-4-6-11-25/h4-19,30H,3H2,1-2H3,(H,37,39)/b28-19-. The average molecular weight is 624 g/mol. The minimum absolute atomic E-state index is 0.280. The zero-order valence-corrected chi connectivity index (χ0v) is 25.3. The molecule has 2 aromatic heterocycles. The molecule has 1 unspecified atom stereocenters. The fraction of sp³-hybridized carbons (Fsp3) is 0.118. The van der Waals surface area contributed by atoms with Gasteiger partial charge in [-0.3, -0.25) is 14.2 Å². The van der Waals surface area contributed by atoms with Gasteiger partial charge in [0.1, 0.15) is 11.5 Å². The number of nitrogens with one attached hydrogen (secondary N) is 1. The van der Waals surface area contributed by atoms with Crippen LogP contribution < -0.4 is 20.2 Å². The number of halogens is 1. The van der Waals surface area contributed by atoms with Crippen LogP contribution in [0.4, 0.5) is 5.69 Å². The predicted molar refractivity (Wildman–Crippen MR) is 170 cm³/mol. The topological polar surface area (TPSA) is 103 Å². The van der Waals surface area contributed by atoms with Crippen molar-refractivity contribution in [3.05, 3.63) is 144 Å². The predicted octanol–water partition coefficient (Wildman–Crippen LogP) is 5.96. The molecule has 1 aliphatic rings. The number of carbonyl (C=O) groups is 2. The third-order valence-electron chi connectivity index (χ3n) is 7.04. The Morgan fingerprint density at radius 1 is 1.05 bits per heavy atom. The van der Waals surface area contributed by atoms with Crippen LogP contribution in [0.5, 0.6) is 0 Å². The second-order valence-electron chi connectivity index (χ2n) is 9.96. The SMILES string of the molecule is CCOC(=O)c1cccc(-c2ccc(/C=c3\sc4n(c3=O)C(c3ccc(Cl)cc3)C(C(=O)Nc3ccccc3)=C(C)N=4)o2)c1. The highest BCUT2D eigenvalue weighted by Crippen LogP contribution is 2.31. The number of furan rings is 1. The van der Waals surface area contributed by atoms with Crippen LogP contribution in [0, 0.1) is 0 Å². The van der Waals surface area contributed by atoms with E-state index in [1.807, 2.05) is 36.4 Å². The quantitative estimate of drug-likeness (QED) is 0.225. The fourth-order valence-corrected chi connectivity index (χ4v) is 6.17. The van der Waals surface area contributed by atoms with E-state index in [1.54, 1.807) is 79.1 Å². The van der Waals surface area contributed by atoms with Crippen LogP contribution in [0.3, 0.4) is 0 Å². The Balaban J connectivity index is 1.40. The van der Waals surface area contributed by atoms with Crippen molar-refractivity contribution in [3.8, 4) is 11.3 Å². The monoisotopic (exact) mass is 623 g/mol. The summed E-state index contributed by atoms with van der Waals surface area (Å²) in [6, 6.07) is 26.0. The second-order valence-corrected chi connectivity index (χ2v) is 11.4. The molecule has 1 amide bonds. The van der Waals surface area contributed by atoms with E-state index in [1.165, 1.54) is 11.3 Å². The molecule has 0 aliphatic carbocycles. The summed E-state index contributed by atoms with van der Waals surface area (Å²) in [4.78, 5) is 45.0. The van der Waals surface area contributed by atoms with E-state index in [0.29, 0.717) is 54.0 Å². The molecule has 8 nitrogen and oxygen atoms in total. The number of carbonyl (C=O) groups excluding carboxylic acids is 2. The minimum Gasteiger partial charge on any atom is -0.462 e. The number of thiazole rings is 1. The number of hydrogen-bond acceptors (Lipinski definition) is 7. The van der Waals surface area contributed by atoms with Gasteiger partial charge in [0.15, 0.2) is 4.80 Å². The molecule has 0 spiro atoms. The van der Waals surface area contributed by atoms with Gasteiger partial charge in [-0.1, -0.05) is 65.4 Å². The molecule has 5 aromatic rings. The first kappa shape index (κ1) is 29.1. The van der Waals surface area contributed by atoms with Crippen molar-refractivity contribution in [2.75, 3.05) is 11.9 Å². The van der Waals surface area contributed by atoms with E-state index in [-0.39, 0.29) is 18.1 Å². The number of allylic oxidation sites excluding steroid dienone is 1. The largest absolute Gasteiger partial charge is 0.462 e. The van der Waals surface area contributed by atoms with Crippen molar-refractivity contribution >= 4 is 46.6 Å². The maximum Gasteiger partial charge on any atom is 0.338 e. The molecule has 220 valence electrons. The molecular formula is C34H26ClN3O5S. The molecule has 3 aromatic carbocycles. The first-order valence-corrected chi connectivity index (χ1v) is 15.0. The van der Waals surface area contributed by atoms with E-state index in [9.17, 15) is 14.4 Å². The molecule has 0 fully saturated rings. The number of fused-ring (bicyclic) bond motifs is 1. The molecule has 1 aliphatic heterocycles. The summed E-state index contributed by atoms with van der Waals surface area (Å²) < 4.78 is 13.1. The molecule has 6 rings (SSSR count). The smallest absolute Gasteiger partial charge is 0.338 e. The summed E-state index contributed by atoms with van der Waals surface area (Å²) in [7, 11) is 0. The highest BCUT2D eigenvalue weighted by Gasteiger charge is 2.32. The molecule has 1 atom stereocenters. The fourth-order valence-electron chi connectivity index (χ4n) is 5.02. The van der Waals surface area contributed by atoms with Gasteiger partial charge in [0.2, 0.25) is 0 Å². The number of anilines is 1. The van der Waals surface area contributed by atoms with Crippen molar-refractivity contribution in [2.45, 2.75) is 19.9 Å². The third-order valence-corrected chi connectivity index (χ3v) is 8.28. The Kier molecular flexibility index (Phi) is 8.15. The lowest BCUT2D eigenvalue weighted by Gasteiger charge is -2.25. The van der Waals surface area contributed by atoms with Crippen LogP contribution in [0.2, 0.25) is 5.02 Å². The number of rotatable bonds is 7. The van der Waals surface area contributed by atoms with Crippen LogP contribution in [-0.2, 0) is 9.53 Å². The molecule has 44 heavy (non-hydrogen) atoms. The first-order valence-electron chi connectivity index (χ1n) is 13.8. The maximum atomic E-state index is 14.0. The van der Waals surface area contributed by atoms with Gasteiger partial charge in [-0.2, -0.15) is 0 Å². The van der Waals surface area contributed by atoms with Crippen LogP contribution in [0.1, 0.15) is 41.6 Å². The lowest BCUT2D eigenvalue weighted by molar-refractivity contribution is -0.113. The third kappa shape index (κ3) is 5.79. The molecule has 3 heterocycles. The van der Waals surface area contributed by atoms with Gasteiger partial charge in [0.25, 0.3) is 11.5 Å². The van der Waals surface area contributed by atoms with E-state index >= 15 is 0 Å². The number of hydrogen-bond donors (Lipinski definition) is 1. The maximum absolute atomic E-state index is 14.0. The lowest BCUT2D eigenvalue weighted by Crippen LogP contribution is -2.40. The number of nitrogens with zero attached hydrogens (tertiary/aromatic N) is 2. The Morgan fingerprint density at radius 3 is 2.57 bits per heavy atom. The summed E-state index contributed by atoms with van der Waals surface area (Å²) >= 11 is 7.39. The summed E-state index contributed by atoms with van der Waals surface area (Å²) in [5.41, 5.74) is 3.02. The van der Waals surface area contributed by atoms with Gasteiger partial charge < -0.3 is 14.5 Å². The van der Waals surface area contributed by atoms with E-state index in [2.05, 4.69) is 10.3 Å². The van der Waals surface area contributed by atoms with Crippen molar-refractivity contribution in [1.29, 1.82) is 0 Å². The molecule has 10 heteroatoms. The van der Waals surface area contributed by atoms with Crippen LogP contribution >= 0.6 is 22.9 Å². The Bertz CT molecular complexity index is 2090. The summed E-state index contributed by atoms with van der Waals surface area (Å²) in [5.74, 6) is 0.217. The first-order chi connectivity index (χ1) is 21.3. The van der Waals surface area contributed by atoms with E-state index < -0.39 is 12.0 Å². The summed E-state index contributed by atoms with van der Waals surface area (Å²) in [5, 5.41) is 3.48. The molecule has 0 saturated heterocycles. The second kappa shape index (κ2) is 12.3. The highest BCUT2D eigenvalue weighted by molar-refractivity contribution is 7.07. The normalized spacial score (nSPS) is 14.6. The number of esters is 1. The molecular weight excluding hydrogens is 598 g/mol. The van der Waals surface area contributed by atoms with Gasteiger partial charge in [-0.15, -0.1) is 0 Å². The van der Waals surface area contributed by atoms with Crippen molar-refractivity contribution < 1.29 is 18.7 Å². The van der Waals surface area contributed by atoms with E-state index in [0.717, 1.165) is 5.56 Å². The van der Waals surface area contributed by atoms with Crippen molar-refractivity contribution in [1.82, 2.24) is 4.57 Å². The van der Waals surface area contributed by atoms with Crippen LogP contribution in [0.25, 0.3) is 17.4 Å². The number of ether oxygens (including phenoxy) is 1.